The molecule has 0 spiro atoms. The zero-order chi connectivity index (χ0) is 13.9. The fourth-order valence-electron chi connectivity index (χ4n) is 2.40. The molecule has 5 nitrogen and oxygen atoms in total. The van der Waals surface area contributed by atoms with E-state index in [1.165, 1.54) is 11.3 Å². The highest BCUT2D eigenvalue weighted by molar-refractivity contribution is 7.18. The Balaban J connectivity index is 1.70. The molecule has 2 heterocycles. The van der Waals surface area contributed by atoms with Crippen molar-refractivity contribution in [1.82, 2.24) is 15.1 Å². The molecule has 0 aliphatic carbocycles. The molecule has 1 fully saturated rings. The summed E-state index contributed by atoms with van der Waals surface area (Å²) in [6.45, 7) is 0.976. The summed E-state index contributed by atoms with van der Waals surface area (Å²) in [5.41, 5.74) is 1.02. The number of nitrogens with one attached hydrogen (secondary N) is 1. The lowest BCUT2D eigenvalue weighted by Crippen LogP contribution is -2.37. The molecule has 2 aromatic rings. The van der Waals surface area contributed by atoms with E-state index >= 15 is 0 Å². The second kappa shape index (κ2) is 5.68. The maximum Gasteiger partial charge on any atom is 0.243 e. The van der Waals surface area contributed by atoms with E-state index in [0.29, 0.717) is 5.13 Å². The number of hydrogen-bond donors (Lipinski definition) is 1. The minimum atomic E-state index is -0.0425. The summed E-state index contributed by atoms with van der Waals surface area (Å²) in [7, 11) is 1.98. The van der Waals surface area contributed by atoms with Crippen LogP contribution in [0.15, 0.2) is 30.3 Å². The summed E-state index contributed by atoms with van der Waals surface area (Å²) in [4.78, 5) is 14.2. The Hall–Kier alpha value is -1.79. The van der Waals surface area contributed by atoms with Crippen molar-refractivity contribution < 1.29 is 4.79 Å². The third-order valence-corrected chi connectivity index (χ3v) is 4.39. The van der Waals surface area contributed by atoms with Gasteiger partial charge in [-0.3, -0.25) is 15.0 Å². The maximum atomic E-state index is 12.2. The van der Waals surface area contributed by atoms with Gasteiger partial charge in [-0.2, -0.15) is 0 Å². The molecule has 0 saturated carbocycles. The average molecular weight is 288 g/mol. The molecule has 0 bridgehead atoms. The lowest BCUT2D eigenvalue weighted by Gasteiger charge is -2.17. The van der Waals surface area contributed by atoms with E-state index in [9.17, 15) is 4.79 Å². The molecule has 1 aromatic heterocycles. The van der Waals surface area contributed by atoms with Gasteiger partial charge in [0.1, 0.15) is 5.01 Å². The molecular weight excluding hydrogens is 272 g/mol. The smallest absolute Gasteiger partial charge is 0.243 e. The highest BCUT2D eigenvalue weighted by Crippen LogP contribution is 2.26. The highest BCUT2D eigenvalue weighted by Gasteiger charge is 2.28. The van der Waals surface area contributed by atoms with E-state index in [-0.39, 0.29) is 11.9 Å². The Labute approximate surface area is 121 Å². The van der Waals surface area contributed by atoms with E-state index < -0.39 is 0 Å². The second-order valence-corrected chi connectivity index (χ2v) is 5.88. The van der Waals surface area contributed by atoms with Gasteiger partial charge < -0.3 is 0 Å². The minimum Gasteiger partial charge on any atom is -0.299 e. The quantitative estimate of drug-likeness (QED) is 0.941. The molecule has 1 saturated heterocycles. The summed E-state index contributed by atoms with van der Waals surface area (Å²) in [6, 6.07) is 9.81. The van der Waals surface area contributed by atoms with E-state index in [1.807, 2.05) is 37.4 Å². The van der Waals surface area contributed by atoms with Crippen molar-refractivity contribution in [3.05, 3.63) is 30.3 Å². The van der Waals surface area contributed by atoms with Crippen molar-refractivity contribution >= 4 is 22.4 Å². The van der Waals surface area contributed by atoms with E-state index in [2.05, 4.69) is 20.4 Å². The molecule has 1 aliphatic rings. The second-order valence-electron chi connectivity index (χ2n) is 4.91. The molecule has 1 N–H and O–H groups in total. The molecule has 1 aliphatic heterocycles. The number of rotatable bonds is 3. The summed E-state index contributed by atoms with van der Waals surface area (Å²) in [6.07, 6.45) is 1.98. The summed E-state index contributed by atoms with van der Waals surface area (Å²) < 4.78 is 0. The van der Waals surface area contributed by atoms with Crippen LogP contribution in [0.4, 0.5) is 5.13 Å². The van der Waals surface area contributed by atoms with Crippen molar-refractivity contribution in [3.63, 3.8) is 0 Å². The molecule has 1 amide bonds. The number of carbonyl (C=O) groups excluding carboxylic acids is 1. The van der Waals surface area contributed by atoms with Gasteiger partial charge in [0.15, 0.2) is 0 Å². The van der Waals surface area contributed by atoms with Gasteiger partial charge in [-0.1, -0.05) is 41.7 Å². The number of anilines is 1. The lowest BCUT2D eigenvalue weighted by molar-refractivity contribution is -0.119. The van der Waals surface area contributed by atoms with E-state index in [0.717, 1.165) is 30.0 Å². The molecule has 3 rings (SSSR count). The van der Waals surface area contributed by atoms with Crippen LogP contribution in [0, 0.1) is 0 Å². The number of amides is 1. The van der Waals surface area contributed by atoms with Gasteiger partial charge in [-0.25, -0.2) is 0 Å². The Bertz CT molecular complexity index is 598. The summed E-state index contributed by atoms with van der Waals surface area (Å²) >= 11 is 1.40. The van der Waals surface area contributed by atoms with Crippen molar-refractivity contribution in [3.8, 4) is 10.6 Å². The Morgan fingerprint density at radius 2 is 2.15 bits per heavy atom. The number of carbonyl (C=O) groups is 1. The normalized spacial score (nSPS) is 19.1. The van der Waals surface area contributed by atoms with Gasteiger partial charge in [0.2, 0.25) is 11.0 Å². The maximum absolute atomic E-state index is 12.2. The first-order valence-electron chi connectivity index (χ1n) is 6.64. The average Bonchev–Trinajstić information content (AvgIpc) is 3.09. The van der Waals surface area contributed by atoms with Gasteiger partial charge in [-0.15, -0.1) is 10.2 Å². The molecule has 1 unspecified atom stereocenters. The van der Waals surface area contributed by atoms with Gasteiger partial charge in [0.25, 0.3) is 0 Å². The van der Waals surface area contributed by atoms with Gasteiger partial charge >= 0.3 is 0 Å². The van der Waals surface area contributed by atoms with Crippen LogP contribution in [-0.4, -0.2) is 40.6 Å². The third kappa shape index (κ3) is 2.71. The van der Waals surface area contributed by atoms with Crippen molar-refractivity contribution in [2.45, 2.75) is 18.9 Å². The van der Waals surface area contributed by atoms with E-state index in [1.54, 1.807) is 0 Å². The molecule has 1 aromatic carbocycles. The number of likely N-dealkylation sites (tertiary alicyclic amines) is 1. The molecule has 0 radical (unpaired) electrons. The Morgan fingerprint density at radius 1 is 1.35 bits per heavy atom. The third-order valence-electron chi connectivity index (χ3n) is 3.50. The first-order valence-corrected chi connectivity index (χ1v) is 7.46. The summed E-state index contributed by atoms with van der Waals surface area (Å²) in [5, 5.41) is 12.4. The first kappa shape index (κ1) is 13.2. The van der Waals surface area contributed by atoms with Crippen molar-refractivity contribution in [2.24, 2.45) is 0 Å². The molecule has 104 valence electrons. The fourth-order valence-corrected chi connectivity index (χ4v) is 3.15. The van der Waals surface area contributed by atoms with Crippen LogP contribution < -0.4 is 5.32 Å². The predicted octanol–water partition coefficient (Wildman–Crippen LogP) is 2.24. The zero-order valence-electron chi connectivity index (χ0n) is 11.2. The monoisotopic (exact) mass is 288 g/mol. The van der Waals surface area contributed by atoms with Crippen LogP contribution >= 0.6 is 11.3 Å². The lowest BCUT2D eigenvalue weighted by atomic mass is 10.2. The number of benzene rings is 1. The first-order chi connectivity index (χ1) is 9.74. The van der Waals surface area contributed by atoms with Crippen LogP contribution in [0.25, 0.3) is 10.6 Å². The van der Waals surface area contributed by atoms with E-state index in [4.69, 9.17) is 0 Å². The number of nitrogens with zero attached hydrogens (tertiary/aromatic N) is 3. The molecule has 1 atom stereocenters. The van der Waals surface area contributed by atoms with Gasteiger partial charge in [0.05, 0.1) is 6.04 Å². The van der Waals surface area contributed by atoms with Crippen LogP contribution in [0.5, 0.6) is 0 Å². The highest BCUT2D eigenvalue weighted by atomic mass is 32.1. The number of aromatic nitrogens is 2. The SMILES string of the molecule is CN1CCCC1C(=O)Nc1nnc(-c2ccccc2)s1. The van der Waals surface area contributed by atoms with Crippen molar-refractivity contribution in [2.75, 3.05) is 18.9 Å². The minimum absolute atomic E-state index is 0.0146. The topological polar surface area (TPSA) is 58.1 Å². The zero-order valence-corrected chi connectivity index (χ0v) is 12.1. The number of hydrogen-bond acceptors (Lipinski definition) is 5. The van der Waals surface area contributed by atoms with Gasteiger partial charge in [-0.05, 0) is 26.4 Å². The van der Waals surface area contributed by atoms with Crippen molar-refractivity contribution in [1.29, 1.82) is 0 Å². The Morgan fingerprint density at radius 3 is 2.85 bits per heavy atom. The van der Waals surface area contributed by atoms with Crippen LogP contribution in [0.2, 0.25) is 0 Å². The van der Waals surface area contributed by atoms with Crippen LogP contribution in [-0.2, 0) is 4.79 Å². The largest absolute Gasteiger partial charge is 0.299 e. The molecular formula is C14H16N4OS. The fraction of sp³-hybridized carbons (Fsp3) is 0.357. The van der Waals surface area contributed by atoms with Crippen LogP contribution in [0.3, 0.4) is 0 Å². The number of likely N-dealkylation sites (N-methyl/N-ethyl adjacent to an activating group) is 1. The van der Waals surface area contributed by atoms with Gasteiger partial charge in [0, 0.05) is 5.56 Å². The Kier molecular flexibility index (Phi) is 3.75. The molecule has 6 heteroatoms. The predicted molar refractivity (Wildman–Crippen MR) is 79.6 cm³/mol. The van der Waals surface area contributed by atoms with Crippen LogP contribution in [0.1, 0.15) is 12.8 Å². The summed E-state index contributed by atoms with van der Waals surface area (Å²) in [5.74, 6) is 0.0146. The standard InChI is InChI=1S/C14H16N4OS/c1-18-9-5-8-11(18)12(19)15-14-17-16-13(20-14)10-6-3-2-4-7-10/h2-4,6-7,11H,5,8-9H2,1H3,(H,15,17,19). The molecule has 20 heavy (non-hydrogen) atoms.